The second-order valence-corrected chi connectivity index (χ2v) is 9.03. The Morgan fingerprint density at radius 3 is 1.73 bits per heavy atom. The molecule has 0 amide bonds. The molecule has 0 bridgehead atoms. The average molecular weight is 407 g/mol. The van der Waals surface area contributed by atoms with Gasteiger partial charge in [-0.15, -0.1) is 0 Å². The Morgan fingerprint density at radius 1 is 0.533 bits per heavy atom. The van der Waals surface area contributed by atoms with Crippen LogP contribution in [0.2, 0.25) is 0 Å². The number of hydrogen-bond donors (Lipinski definition) is 0. The van der Waals surface area contributed by atoms with Crippen LogP contribution in [0.1, 0.15) is 115 Å². The molecule has 0 aliphatic rings. The maximum absolute atomic E-state index is 2.43. The number of fused-ring (bicyclic) bond motifs is 1. The number of allylic oxidation sites excluding steroid dienone is 2. The predicted molar refractivity (Wildman–Crippen MR) is 136 cm³/mol. The van der Waals surface area contributed by atoms with E-state index in [1.54, 1.807) is 0 Å². The molecule has 0 fully saturated rings. The van der Waals surface area contributed by atoms with Gasteiger partial charge in [0.2, 0.25) is 0 Å². The molecule has 0 unspecified atom stereocenters. The van der Waals surface area contributed by atoms with Gasteiger partial charge < -0.3 is 0 Å². The lowest BCUT2D eigenvalue weighted by atomic mass is 9.99. The minimum Gasteiger partial charge on any atom is -0.0885 e. The number of hydrogen-bond acceptors (Lipinski definition) is 0. The molecular weight excluding hydrogens is 360 g/mol. The summed E-state index contributed by atoms with van der Waals surface area (Å²) in [4.78, 5) is 0. The Balaban J connectivity index is 1.37. The van der Waals surface area contributed by atoms with Crippen LogP contribution in [0.25, 0.3) is 10.8 Å². The van der Waals surface area contributed by atoms with Crippen molar-refractivity contribution in [3.8, 4) is 0 Å². The molecular formula is C30H46. The fourth-order valence-corrected chi connectivity index (χ4v) is 4.43. The zero-order valence-electron chi connectivity index (χ0n) is 19.7. The lowest BCUT2D eigenvalue weighted by molar-refractivity contribution is 0.577. The van der Waals surface area contributed by atoms with Gasteiger partial charge in [0.1, 0.15) is 0 Å². The van der Waals surface area contributed by atoms with Crippen molar-refractivity contribution in [2.24, 2.45) is 0 Å². The molecule has 0 atom stereocenters. The molecule has 0 saturated carbocycles. The third-order valence-corrected chi connectivity index (χ3v) is 6.34. The summed E-state index contributed by atoms with van der Waals surface area (Å²) in [7, 11) is 0. The molecule has 0 spiro atoms. The summed E-state index contributed by atoms with van der Waals surface area (Å²) in [6.07, 6.45) is 28.3. The lowest BCUT2D eigenvalue weighted by Crippen LogP contribution is -1.88. The van der Waals surface area contributed by atoms with E-state index < -0.39 is 0 Å². The van der Waals surface area contributed by atoms with Crippen molar-refractivity contribution in [3.63, 3.8) is 0 Å². The normalized spacial score (nSPS) is 11.6. The third kappa shape index (κ3) is 11.0. The van der Waals surface area contributed by atoms with Crippen LogP contribution < -0.4 is 0 Å². The van der Waals surface area contributed by atoms with Gasteiger partial charge in [0, 0.05) is 0 Å². The van der Waals surface area contributed by atoms with Gasteiger partial charge in [-0.05, 0) is 54.9 Å². The summed E-state index contributed by atoms with van der Waals surface area (Å²) in [6.45, 7) is 2.29. The van der Waals surface area contributed by atoms with E-state index in [1.807, 2.05) is 0 Å². The molecule has 0 N–H and O–H groups in total. The fourth-order valence-electron chi connectivity index (χ4n) is 4.43. The third-order valence-electron chi connectivity index (χ3n) is 6.34. The van der Waals surface area contributed by atoms with Crippen LogP contribution in [0.4, 0.5) is 0 Å². The van der Waals surface area contributed by atoms with Gasteiger partial charge in [-0.25, -0.2) is 0 Å². The molecule has 2 rings (SSSR count). The van der Waals surface area contributed by atoms with Gasteiger partial charge in [0.05, 0.1) is 0 Å². The van der Waals surface area contributed by atoms with Gasteiger partial charge in [-0.1, -0.05) is 132 Å². The smallest absolute Gasteiger partial charge is 0.0152 e. The van der Waals surface area contributed by atoms with E-state index in [4.69, 9.17) is 0 Å². The Bertz CT molecular complexity index is 676. The van der Waals surface area contributed by atoms with Crippen LogP contribution in [0.5, 0.6) is 0 Å². The Morgan fingerprint density at radius 2 is 1.07 bits per heavy atom. The van der Waals surface area contributed by atoms with Gasteiger partial charge in [-0.3, -0.25) is 0 Å². The van der Waals surface area contributed by atoms with Gasteiger partial charge in [0.25, 0.3) is 0 Å². The standard InChI is InChI=1S/C30H46/c1-2-3-4-5-6-7-8-9-10-11-12-13-14-15-16-17-18-19-23-28-25-22-26-29-24-20-21-27-30(28)29/h11-12,20-22,24-27H,2-10,13-19,23H2,1H3/b12-11+. The maximum Gasteiger partial charge on any atom is -0.0152 e. The molecule has 0 radical (unpaired) electrons. The van der Waals surface area contributed by atoms with Crippen LogP contribution in [0.15, 0.2) is 54.6 Å². The van der Waals surface area contributed by atoms with Crippen LogP contribution in [0.3, 0.4) is 0 Å². The first-order valence-electron chi connectivity index (χ1n) is 13.0. The molecule has 0 aromatic heterocycles. The van der Waals surface area contributed by atoms with Crippen LogP contribution in [-0.2, 0) is 6.42 Å². The van der Waals surface area contributed by atoms with E-state index in [0.29, 0.717) is 0 Å². The maximum atomic E-state index is 2.43. The van der Waals surface area contributed by atoms with Crippen LogP contribution >= 0.6 is 0 Å². The zero-order chi connectivity index (χ0) is 21.1. The summed E-state index contributed by atoms with van der Waals surface area (Å²) in [5.74, 6) is 0. The van der Waals surface area contributed by atoms with Crippen molar-refractivity contribution in [3.05, 3.63) is 60.2 Å². The monoisotopic (exact) mass is 406 g/mol. The highest BCUT2D eigenvalue weighted by Gasteiger charge is 2.00. The highest BCUT2D eigenvalue weighted by Crippen LogP contribution is 2.21. The van der Waals surface area contributed by atoms with E-state index in [-0.39, 0.29) is 0 Å². The zero-order valence-corrected chi connectivity index (χ0v) is 19.7. The molecule has 0 saturated heterocycles. The first kappa shape index (κ1) is 24.7. The van der Waals surface area contributed by atoms with Crippen molar-refractivity contribution in [2.45, 2.75) is 116 Å². The van der Waals surface area contributed by atoms with Crippen molar-refractivity contribution >= 4 is 10.8 Å². The average Bonchev–Trinajstić information content (AvgIpc) is 2.78. The molecule has 2 aromatic rings. The van der Waals surface area contributed by atoms with Crippen molar-refractivity contribution < 1.29 is 0 Å². The van der Waals surface area contributed by atoms with E-state index in [2.05, 4.69) is 61.5 Å². The van der Waals surface area contributed by atoms with Crippen molar-refractivity contribution in [1.29, 1.82) is 0 Å². The number of aryl methyl sites for hydroxylation is 1. The number of unbranched alkanes of at least 4 members (excludes halogenated alkanes) is 14. The first-order chi connectivity index (χ1) is 14.9. The fraction of sp³-hybridized carbons (Fsp3) is 0.600. The quantitative estimate of drug-likeness (QED) is 0.170. The van der Waals surface area contributed by atoms with Crippen molar-refractivity contribution in [1.82, 2.24) is 0 Å². The summed E-state index contributed by atoms with van der Waals surface area (Å²) in [5, 5.41) is 2.82. The Hall–Kier alpha value is -1.56. The molecule has 0 nitrogen and oxygen atoms in total. The minimum absolute atomic E-state index is 1.23. The molecule has 2 aromatic carbocycles. The highest BCUT2D eigenvalue weighted by molar-refractivity contribution is 5.85. The molecule has 0 heterocycles. The second-order valence-electron chi connectivity index (χ2n) is 9.03. The van der Waals surface area contributed by atoms with Gasteiger partial charge >= 0.3 is 0 Å². The van der Waals surface area contributed by atoms with E-state index in [0.717, 1.165) is 0 Å². The van der Waals surface area contributed by atoms with Crippen LogP contribution in [-0.4, -0.2) is 0 Å². The van der Waals surface area contributed by atoms with E-state index in [1.165, 1.54) is 125 Å². The van der Waals surface area contributed by atoms with E-state index >= 15 is 0 Å². The number of rotatable bonds is 18. The summed E-state index contributed by atoms with van der Waals surface area (Å²) in [6, 6.07) is 15.5. The summed E-state index contributed by atoms with van der Waals surface area (Å²) < 4.78 is 0. The second kappa shape index (κ2) is 17.2. The van der Waals surface area contributed by atoms with Gasteiger partial charge in [0.15, 0.2) is 0 Å². The lowest BCUT2D eigenvalue weighted by Gasteiger charge is -2.06. The van der Waals surface area contributed by atoms with E-state index in [9.17, 15) is 0 Å². The molecule has 0 aliphatic carbocycles. The topological polar surface area (TPSA) is 0 Å². The van der Waals surface area contributed by atoms with Crippen molar-refractivity contribution in [2.75, 3.05) is 0 Å². The summed E-state index contributed by atoms with van der Waals surface area (Å²) in [5.41, 5.74) is 1.52. The molecule has 30 heavy (non-hydrogen) atoms. The summed E-state index contributed by atoms with van der Waals surface area (Å²) >= 11 is 0. The minimum atomic E-state index is 1.23. The molecule has 166 valence electrons. The molecule has 0 aliphatic heterocycles. The SMILES string of the molecule is CCCCCCCCCC/C=C/CCCCCCCCc1cccc2ccccc12. The Kier molecular flexibility index (Phi) is 14.1. The van der Waals surface area contributed by atoms with Gasteiger partial charge in [-0.2, -0.15) is 0 Å². The van der Waals surface area contributed by atoms with Crippen LogP contribution in [0, 0.1) is 0 Å². The number of benzene rings is 2. The first-order valence-corrected chi connectivity index (χ1v) is 13.0. The highest BCUT2D eigenvalue weighted by atomic mass is 14.0. The largest absolute Gasteiger partial charge is 0.0885 e. The molecule has 0 heteroatoms. The Labute approximate surface area is 187 Å². The predicted octanol–water partition coefficient (Wildman–Crippen LogP) is 10.2.